The molecule has 1 saturated heterocycles. The zero-order chi connectivity index (χ0) is 97.4. The fraction of sp³-hybridized carbons (Fsp3) is 0.115. The standard InChI is InChI=1S/C29H31N7O2.2C23H18N8O2.C21H15F3N6O4/c1-20-8-4-6-10-24(20)26(37)30-28-32-29(31-27(38)25-11-7-5-9-21(25)2)36(33-28)23-14-12-22(13-15-23)35-18-16-34(3)17-19-35;1-15-8-5-6-13-19(15)21(33)25-22-27-23(31(29-22)18-11-3-2-4-12-18)26-20(32)16-9-7-10-17(14-16)28-30-24;1-15-7-5-6-10-19(15)21(33)25-22-27-23(31(29-22)18-8-3-2-4-9-18)26-20(32)16-11-13-17(14-12-16)28-30-24;1-12-4-2-3-5-15(12)17(31)26-19-28-20(27-18(32)16-10-11-25-34-16)30(29-19)13-6-8-14(9-7-13)33-21(22,23)24/h4-15H,16-19H2,1-3H3,(H2,30,31,32,33,37,38);2*2-14H,1H3,(H2,25,26,27,29,32,33);2-11H,1H3,(H2,26,27,28,29,31,32). The van der Waals surface area contributed by atoms with Crippen molar-refractivity contribution in [3.05, 3.63) is 385 Å². The number of nitrogens with zero attached hydrogens (tertiary/aromatic N) is 21. The molecule has 11 aromatic carbocycles. The second-order valence-electron chi connectivity index (χ2n) is 30.3. The largest absolute Gasteiger partial charge is 0.573 e. The number of rotatable bonds is 24. The van der Waals surface area contributed by atoms with Gasteiger partial charge in [-0.3, -0.25) is 80.9 Å². The predicted molar refractivity (Wildman–Crippen MR) is 508 cm³/mol. The third-order valence-corrected chi connectivity index (χ3v) is 20.7. The smallest absolute Gasteiger partial charge is 0.406 e. The normalized spacial score (nSPS) is 11.4. The van der Waals surface area contributed by atoms with Crippen molar-refractivity contribution in [2.45, 2.75) is 41.0 Å². The maximum absolute atomic E-state index is 13.1. The van der Waals surface area contributed by atoms with Crippen molar-refractivity contribution < 1.29 is 60.8 Å². The molecule has 8 N–H and O–H groups in total. The maximum atomic E-state index is 13.1. The number of anilines is 9. The second-order valence-corrected chi connectivity index (χ2v) is 30.3. The number of hydrogen-bond donors (Lipinski definition) is 8. The first-order chi connectivity index (χ1) is 66.7. The molecular formula is C96H82F3N29O10. The van der Waals surface area contributed by atoms with Crippen LogP contribution in [-0.2, 0) is 0 Å². The quantitative estimate of drug-likeness (QED) is 0.0158. The SMILES string of the molecule is Cc1ccccc1C(=O)Nc1nc(NC(=O)c2ccc(N=[N+]=[N-])cc2)n(-c2ccccc2)n1.Cc1ccccc1C(=O)Nc1nc(NC(=O)c2cccc(N=[N+]=[N-])c2)n(-c2ccccc2)n1.Cc1ccccc1C(=O)Nc1nc(NC(=O)c2ccccc2C)n(-c2ccc(N3CCN(C)CC3)cc2)n1.Cc1ccccc1C(=O)Nc1nc(NC(=O)c2ccno2)n(-c2ccc(OC(F)(F)F)cc2)n1. The number of nitrogens with one attached hydrogen (secondary N) is 8. The first kappa shape index (κ1) is 95.0. The van der Waals surface area contributed by atoms with Gasteiger partial charge < -0.3 is 19.1 Å². The maximum Gasteiger partial charge on any atom is 0.573 e. The van der Waals surface area contributed by atoms with E-state index in [0.717, 1.165) is 76.5 Å². The number of carbonyl (C=O) groups excluding carboxylic acids is 8. The highest BCUT2D eigenvalue weighted by Gasteiger charge is 2.32. The molecule has 0 saturated carbocycles. The molecule has 1 aliphatic rings. The Morgan fingerprint density at radius 1 is 0.348 bits per heavy atom. The minimum atomic E-state index is -4.85. The number of likely N-dealkylation sites (N-methyl/N-ethyl adjacent to an activating group) is 1. The molecule has 1 fully saturated rings. The summed E-state index contributed by atoms with van der Waals surface area (Å²) >= 11 is 0. The monoisotopic (exact) mass is 1860 g/mol. The fourth-order valence-corrected chi connectivity index (χ4v) is 13.6. The molecule has 0 radical (unpaired) electrons. The molecule has 0 aliphatic carbocycles. The van der Waals surface area contributed by atoms with Crippen molar-refractivity contribution in [2.24, 2.45) is 10.2 Å². The average Bonchev–Trinajstić information content (AvgIpc) is 1.68. The molecule has 692 valence electrons. The molecule has 17 rings (SSSR count). The van der Waals surface area contributed by atoms with E-state index in [1.165, 1.54) is 68.8 Å². The average molecular weight is 1860 g/mol. The number of benzene rings is 11. The molecule has 0 spiro atoms. The summed E-state index contributed by atoms with van der Waals surface area (Å²) < 4.78 is 51.5. The molecule has 42 heteroatoms. The van der Waals surface area contributed by atoms with Gasteiger partial charge in [0, 0.05) is 98.1 Å². The molecule has 39 nitrogen and oxygen atoms in total. The van der Waals surface area contributed by atoms with Gasteiger partial charge in [0.05, 0.1) is 28.9 Å². The van der Waals surface area contributed by atoms with Crippen LogP contribution in [-0.4, -0.2) is 156 Å². The number of piperazine rings is 1. The summed E-state index contributed by atoms with van der Waals surface area (Å²) in [6, 6.07) is 80.3. The zero-order valence-corrected chi connectivity index (χ0v) is 74.1. The number of aromatic nitrogens is 13. The van der Waals surface area contributed by atoms with Gasteiger partial charge in [-0.05, 0) is 208 Å². The van der Waals surface area contributed by atoms with Gasteiger partial charge in [-0.15, -0.1) is 33.6 Å². The van der Waals surface area contributed by atoms with Gasteiger partial charge in [-0.2, -0.15) is 38.7 Å². The van der Waals surface area contributed by atoms with Crippen molar-refractivity contribution in [3.8, 4) is 28.5 Å². The van der Waals surface area contributed by atoms with Crippen LogP contribution in [0.5, 0.6) is 5.75 Å². The number of alkyl halides is 3. The van der Waals surface area contributed by atoms with Gasteiger partial charge in [0.1, 0.15) is 5.75 Å². The Morgan fingerprint density at radius 2 is 0.674 bits per heavy atom. The van der Waals surface area contributed by atoms with E-state index in [0.29, 0.717) is 61.8 Å². The molecular weight excluding hydrogens is 1780 g/mol. The fourth-order valence-electron chi connectivity index (χ4n) is 13.6. The number of hydrogen-bond acceptors (Lipinski definition) is 23. The molecule has 5 aromatic heterocycles. The number of aryl methyl sites for hydroxylation is 5. The molecule has 0 bridgehead atoms. The van der Waals surface area contributed by atoms with Crippen LogP contribution in [0, 0.1) is 34.6 Å². The number of azide groups is 2. The number of para-hydroxylation sites is 2. The summed E-state index contributed by atoms with van der Waals surface area (Å²) in [7, 11) is 2.13. The number of amides is 8. The summed E-state index contributed by atoms with van der Waals surface area (Å²) in [4.78, 5) is 129. The number of carbonyl (C=O) groups is 8. The van der Waals surface area contributed by atoms with Crippen LogP contribution in [0.1, 0.15) is 111 Å². The van der Waals surface area contributed by atoms with E-state index >= 15 is 0 Å². The lowest BCUT2D eigenvalue weighted by Gasteiger charge is -2.34. The van der Waals surface area contributed by atoms with E-state index in [1.807, 2.05) is 149 Å². The lowest BCUT2D eigenvalue weighted by atomic mass is 10.1. The van der Waals surface area contributed by atoms with Crippen LogP contribution >= 0.6 is 0 Å². The minimum absolute atomic E-state index is 0.0326. The van der Waals surface area contributed by atoms with Gasteiger partial charge >= 0.3 is 6.36 Å². The minimum Gasteiger partial charge on any atom is -0.406 e. The highest BCUT2D eigenvalue weighted by molar-refractivity contribution is 6.09. The van der Waals surface area contributed by atoms with Gasteiger partial charge in [-0.1, -0.05) is 167 Å². The topological polar surface area (TPSA) is 495 Å². The van der Waals surface area contributed by atoms with Gasteiger partial charge in [0.25, 0.3) is 71.1 Å². The molecule has 8 amide bonds. The first-order valence-corrected chi connectivity index (χ1v) is 42.1. The van der Waals surface area contributed by atoms with Crippen LogP contribution in [0.4, 0.5) is 77.8 Å². The predicted octanol–water partition coefficient (Wildman–Crippen LogP) is 18.2. The lowest BCUT2D eigenvalue weighted by molar-refractivity contribution is -0.274. The third-order valence-electron chi connectivity index (χ3n) is 20.7. The van der Waals surface area contributed by atoms with E-state index in [9.17, 15) is 51.5 Å². The Labute approximate surface area is 783 Å². The Bertz CT molecular complexity index is 7220. The summed E-state index contributed by atoms with van der Waals surface area (Å²) in [5, 5.41) is 49.3. The summed E-state index contributed by atoms with van der Waals surface area (Å²) in [6.45, 7) is 13.1. The third kappa shape index (κ3) is 24.8. The summed E-state index contributed by atoms with van der Waals surface area (Å²) in [5.41, 5.74) is 28.3. The van der Waals surface area contributed by atoms with E-state index in [4.69, 9.17) is 15.6 Å². The van der Waals surface area contributed by atoms with Crippen molar-refractivity contribution in [3.63, 3.8) is 0 Å². The zero-order valence-electron chi connectivity index (χ0n) is 74.1. The van der Waals surface area contributed by atoms with E-state index in [1.54, 1.807) is 110 Å². The Hall–Kier alpha value is -19.1. The van der Waals surface area contributed by atoms with Crippen molar-refractivity contribution in [1.29, 1.82) is 0 Å². The highest BCUT2D eigenvalue weighted by atomic mass is 19.4. The Kier molecular flexibility index (Phi) is 30.5. The van der Waals surface area contributed by atoms with Gasteiger partial charge in [-0.25, -0.2) is 0 Å². The summed E-state index contributed by atoms with van der Waals surface area (Å²) in [6.07, 6.45) is -3.58. The molecule has 138 heavy (non-hydrogen) atoms. The number of halogens is 3. The van der Waals surface area contributed by atoms with Crippen LogP contribution in [0.3, 0.4) is 0 Å². The molecule has 0 atom stereocenters. The molecule has 0 unspecified atom stereocenters. The van der Waals surface area contributed by atoms with E-state index < -0.39 is 35.7 Å². The highest BCUT2D eigenvalue weighted by Crippen LogP contribution is 2.30. The lowest BCUT2D eigenvalue weighted by Crippen LogP contribution is -2.44. The molecule has 1 aliphatic heterocycles. The summed E-state index contributed by atoms with van der Waals surface area (Å²) in [5.74, 6) is -3.68. The number of ether oxygens (including phenoxy) is 1. The second kappa shape index (κ2) is 44.2. The van der Waals surface area contributed by atoms with Crippen molar-refractivity contribution in [2.75, 3.05) is 80.7 Å². The molecule has 16 aromatic rings. The van der Waals surface area contributed by atoms with Gasteiger partial charge in [0.15, 0.2) is 0 Å². The Balaban J connectivity index is 0.000000147. The van der Waals surface area contributed by atoms with Crippen LogP contribution in [0.2, 0.25) is 0 Å². The van der Waals surface area contributed by atoms with Crippen LogP contribution in [0.25, 0.3) is 43.6 Å². The van der Waals surface area contributed by atoms with Crippen molar-refractivity contribution in [1.82, 2.24) is 69.1 Å². The Morgan fingerprint density at radius 3 is 1.04 bits per heavy atom. The van der Waals surface area contributed by atoms with E-state index in [2.05, 4.69) is 130 Å². The van der Waals surface area contributed by atoms with Crippen molar-refractivity contribution >= 4 is 112 Å². The van der Waals surface area contributed by atoms with E-state index in [-0.39, 0.29) is 88.2 Å². The van der Waals surface area contributed by atoms with Gasteiger partial charge in [0.2, 0.25) is 29.6 Å². The molecule has 6 heterocycles. The first-order valence-electron chi connectivity index (χ1n) is 42.1. The van der Waals surface area contributed by atoms with Crippen LogP contribution < -0.4 is 52.2 Å². The van der Waals surface area contributed by atoms with Crippen LogP contribution in [0.15, 0.2) is 306 Å².